The van der Waals surface area contributed by atoms with Crippen molar-refractivity contribution in [3.8, 4) is 27.2 Å². The number of hydrogen-bond acceptors (Lipinski definition) is 7. The highest BCUT2D eigenvalue weighted by molar-refractivity contribution is 7.16. The molecule has 0 unspecified atom stereocenters. The van der Waals surface area contributed by atoms with Gasteiger partial charge in [-0.1, -0.05) is 16.4 Å². The third-order valence-corrected chi connectivity index (χ3v) is 7.17. The summed E-state index contributed by atoms with van der Waals surface area (Å²) in [5.74, 6) is 0.710. The van der Waals surface area contributed by atoms with Crippen LogP contribution in [0.3, 0.4) is 0 Å². The second-order valence-electron chi connectivity index (χ2n) is 8.08. The van der Waals surface area contributed by atoms with Gasteiger partial charge in [0, 0.05) is 42.9 Å². The van der Waals surface area contributed by atoms with E-state index in [4.69, 9.17) is 4.74 Å². The predicted molar refractivity (Wildman–Crippen MR) is 107 cm³/mol. The molecular weight excluding hydrogens is 374 g/mol. The maximum atomic E-state index is 10.5. The molecule has 2 aliphatic heterocycles. The Labute approximate surface area is 167 Å². The molecule has 1 aromatic carbocycles. The van der Waals surface area contributed by atoms with Gasteiger partial charge in [-0.15, -0.1) is 5.10 Å². The zero-order chi connectivity index (χ0) is 19.3. The van der Waals surface area contributed by atoms with Crippen molar-refractivity contribution in [3.05, 3.63) is 36.9 Å². The van der Waals surface area contributed by atoms with Crippen molar-refractivity contribution in [2.24, 2.45) is 5.92 Å². The van der Waals surface area contributed by atoms with Crippen LogP contribution in [0.2, 0.25) is 0 Å². The number of fused-ring (bicyclic) bond motifs is 3. The molecular formula is C20H23N5O2S. The van der Waals surface area contributed by atoms with Crippen molar-refractivity contribution in [1.82, 2.24) is 24.6 Å². The number of phenols is 1. The summed E-state index contributed by atoms with van der Waals surface area (Å²) in [5, 5.41) is 20.2. The first-order valence-corrected chi connectivity index (χ1v) is 10.4. The molecule has 7 nitrogen and oxygen atoms in total. The minimum absolute atomic E-state index is 0.166. The van der Waals surface area contributed by atoms with Gasteiger partial charge in [-0.3, -0.25) is 0 Å². The molecule has 3 fully saturated rings. The standard InChI is InChI=1S/C20H23N5O2S/c1-20-6-5-13(11-24(20)2)17(10-20)27-19-23-22-18(28-19)15-4-3-14(9-16(15)26)25-8-7-21-12-25/h3-4,7-9,12-13,17,26H,5-6,10-11H2,1-2H3/t13-,17-,20-/m1/s1. The first-order chi connectivity index (χ1) is 13.5. The van der Waals surface area contributed by atoms with Gasteiger partial charge >= 0.3 is 0 Å². The van der Waals surface area contributed by atoms with Gasteiger partial charge in [0.2, 0.25) is 0 Å². The summed E-state index contributed by atoms with van der Waals surface area (Å²) in [6.07, 6.45) is 8.87. The van der Waals surface area contributed by atoms with Gasteiger partial charge in [0.15, 0.2) is 5.01 Å². The van der Waals surface area contributed by atoms with Crippen molar-refractivity contribution >= 4 is 11.3 Å². The van der Waals surface area contributed by atoms with Crippen LogP contribution in [0.25, 0.3) is 16.3 Å². The SMILES string of the molecule is CN1C[C@H]2CC[C@]1(C)C[C@H]2Oc1nnc(-c2ccc(-n3ccnc3)cc2O)s1. The third-order valence-electron chi connectivity index (χ3n) is 6.32. The summed E-state index contributed by atoms with van der Waals surface area (Å²) in [6.45, 7) is 3.40. The molecule has 4 heterocycles. The van der Waals surface area contributed by atoms with Crippen LogP contribution in [0.4, 0.5) is 0 Å². The molecule has 8 heteroatoms. The first kappa shape index (κ1) is 17.6. The van der Waals surface area contributed by atoms with Crippen LogP contribution in [-0.2, 0) is 0 Å². The number of ether oxygens (including phenoxy) is 1. The highest BCUT2D eigenvalue weighted by Gasteiger charge is 2.47. The monoisotopic (exact) mass is 397 g/mol. The van der Waals surface area contributed by atoms with E-state index in [0.29, 0.717) is 21.7 Å². The second-order valence-corrected chi connectivity index (χ2v) is 9.02. The highest BCUT2D eigenvalue weighted by Crippen LogP contribution is 2.44. The van der Waals surface area contributed by atoms with Crippen LogP contribution >= 0.6 is 11.3 Å². The lowest BCUT2D eigenvalue weighted by molar-refractivity contribution is -0.0745. The molecule has 2 saturated heterocycles. The van der Waals surface area contributed by atoms with Gasteiger partial charge in [-0.2, -0.15) is 0 Å². The second kappa shape index (κ2) is 6.56. The summed E-state index contributed by atoms with van der Waals surface area (Å²) in [7, 11) is 2.21. The van der Waals surface area contributed by atoms with E-state index in [9.17, 15) is 5.11 Å². The van der Waals surface area contributed by atoms with Crippen molar-refractivity contribution in [1.29, 1.82) is 0 Å². The number of imidazole rings is 1. The highest BCUT2D eigenvalue weighted by atomic mass is 32.1. The minimum atomic E-state index is 0.166. The normalized spacial score (nSPS) is 27.2. The molecule has 0 radical (unpaired) electrons. The van der Waals surface area contributed by atoms with Gasteiger partial charge in [-0.25, -0.2) is 4.98 Å². The number of aromatic hydroxyl groups is 1. The number of benzene rings is 1. The van der Waals surface area contributed by atoms with Crippen molar-refractivity contribution in [2.45, 2.75) is 37.8 Å². The molecule has 0 spiro atoms. The Morgan fingerprint density at radius 3 is 2.93 bits per heavy atom. The first-order valence-electron chi connectivity index (χ1n) is 9.55. The Morgan fingerprint density at radius 1 is 1.32 bits per heavy atom. The molecule has 28 heavy (non-hydrogen) atoms. The van der Waals surface area contributed by atoms with E-state index in [1.807, 2.05) is 22.9 Å². The van der Waals surface area contributed by atoms with Crippen LogP contribution in [0, 0.1) is 5.92 Å². The molecule has 1 saturated carbocycles. The molecule has 3 aromatic rings. The van der Waals surface area contributed by atoms with Crippen LogP contribution in [0.5, 0.6) is 10.9 Å². The largest absolute Gasteiger partial charge is 0.507 e. The number of phenolic OH excluding ortho intramolecular Hbond substituents is 1. The van der Waals surface area contributed by atoms with Crippen LogP contribution in [0.1, 0.15) is 26.2 Å². The molecule has 6 rings (SSSR count). The Hall–Kier alpha value is -2.45. The summed E-state index contributed by atoms with van der Waals surface area (Å²) >= 11 is 1.39. The Morgan fingerprint density at radius 2 is 2.21 bits per heavy atom. The molecule has 2 aromatic heterocycles. The molecule has 3 aliphatic rings. The zero-order valence-electron chi connectivity index (χ0n) is 15.9. The van der Waals surface area contributed by atoms with Gasteiger partial charge in [-0.05, 0) is 38.9 Å². The molecule has 3 atom stereocenters. The predicted octanol–water partition coefficient (Wildman–Crippen LogP) is 3.35. The Balaban J connectivity index is 1.34. The molecule has 146 valence electrons. The van der Waals surface area contributed by atoms with Crippen molar-refractivity contribution in [3.63, 3.8) is 0 Å². The molecule has 1 aliphatic carbocycles. The fourth-order valence-electron chi connectivity index (χ4n) is 4.42. The molecule has 1 N–H and O–H groups in total. The summed E-state index contributed by atoms with van der Waals surface area (Å²) in [6, 6.07) is 5.48. The van der Waals surface area contributed by atoms with E-state index >= 15 is 0 Å². The summed E-state index contributed by atoms with van der Waals surface area (Å²) in [5.41, 5.74) is 1.72. The molecule has 0 amide bonds. The summed E-state index contributed by atoms with van der Waals surface area (Å²) < 4.78 is 8.09. The van der Waals surface area contributed by atoms with Gasteiger partial charge < -0.3 is 19.3 Å². The van der Waals surface area contributed by atoms with Crippen LogP contribution in [-0.4, -0.2) is 55.0 Å². The van der Waals surface area contributed by atoms with E-state index in [2.05, 4.69) is 34.1 Å². The average molecular weight is 398 g/mol. The van der Waals surface area contributed by atoms with E-state index in [1.54, 1.807) is 18.6 Å². The molecule has 2 bridgehead atoms. The summed E-state index contributed by atoms with van der Waals surface area (Å²) in [4.78, 5) is 6.50. The number of piperidine rings is 2. The van der Waals surface area contributed by atoms with E-state index in [-0.39, 0.29) is 17.4 Å². The lowest BCUT2D eigenvalue weighted by atomic mass is 9.70. The van der Waals surface area contributed by atoms with Gasteiger partial charge in [0.25, 0.3) is 5.19 Å². The maximum absolute atomic E-state index is 10.5. The fourth-order valence-corrected chi connectivity index (χ4v) is 5.20. The van der Waals surface area contributed by atoms with E-state index < -0.39 is 0 Å². The average Bonchev–Trinajstić information content (AvgIpc) is 3.35. The topological polar surface area (TPSA) is 76.3 Å². The minimum Gasteiger partial charge on any atom is -0.507 e. The fraction of sp³-hybridized carbons (Fsp3) is 0.450. The van der Waals surface area contributed by atoms with E-state index in [0.717, 1.165) is 18.7 Å². The van der Waals surface area contributed by atoms with Gasteiger partial charge in [0.1, 0.15) is 11.9 Å². The number of rotatable bonds is 4. The van der Waals surface area contributed by atoms with Crippen molar-refractivity contribution in [2.75, 3.05) is 13.6 Å². The quantitative estimate of drug-likeness (QED) is 0.728. The van der Waals surface area contributed by atoms with Gasteiger partial charge in [0.05, 0.1) is 17.6 Å². The van der Waals surface area contributed by atoms with Crippen LogP contribution in [0.15, 0.2) is 36.9 Å². The van der Waals surface area contributed by atoms with Crippen LogP contribution < -0.4 is 4.74 Å². The Kier molecular flexibility index (Phi) is 4.13. The smallest absolute Gasteiger partial charge is 0.294 e. The lowest BCUT2D eigenvalue weighted by Gasteiger charge is -2.54. The zero-order valence-corrected chi connectivity index (χ0v) is 16.8. The van der Waals surface area contributed by atoms with E-state index in [1.165, 1.54) is 24.2 Å². The third kappa shape index (κ3) is 2.97. The lowest BCUT2D eigenvalue weighted by Crippen LogP contribution is -2.60. The Bertz CT molecular complexity index is 988. The number of nitrogens with zero attached hydrogens (tertiary/aromatic N) is 5. The maximum Gasteiger partial charge on any atom is 0.294 e. The number of hydrogen-bond donors (Lipinski definition) is 1. The number of aromatic nitrogens is 4. The van der Waals surface area contributed by atoms with Crippen molar-refractivity contribution < 1.29 is 9.84 Å².